The van der Waals surface area contributed by atoms with Crippen LogP contribution in [-0.2, 0) is 6.42 Å². The van der Waals surface area contributed by atoms with E-state index in [0.717, 1.165) is 11.5 Å². The number of hydrogen-bond acceptors (Lipinski definition) is 5. The average Bonchev–Trinajstić information content (AvgIpc) is 2.91. The number of hydrogen-bond donors (Lipinski definition) is 2. The predicted octanol–water partition coefficient (Wildman–Crippen LogP) is 1.48. The third kappa shape index (κ3) is 2.66. The maximum absolute atomic E-state index is 11.1. The van der Waals surface area contributed by atoms with Gasteiger partial charge in [-0.05, 0) is 24.3 Å². The summed E-state index contributed by atoms with van der Waals surface area (Å²) in [7, 11) is 0. The molecule has 0 bridgehead atoms. The molecule has 0 aromatic carbocycles. The number of aromatic nitrogens is 4. The number of rotatable bonds is 5. The molecule has 0 unspecified atom stereocenters. The zero-order valence-electron chi connectivity index (χ0n) is 11.1. The van der Waals surface area contributed by atoms with Crippen LogP contribution in [0.25, 0.3) is 5.65 Å². The second-order valence-electron chi connectivity index (χ2n) is 4.43. The van der Waals surface area contributed by atoms with Crippen molar-refractivity contribution >= 4 is 17.4 Å². The molecule has 0 saturated heterocycles. The van der Waals surface area contributed by atoms with Crippen LogP contribution >= 0.6 is 0 Å². The Bertz CT molecular complexity index is 784. The number of nitrogens with one attached hydrogen (secondary N) is 1. The van der Waals surface area contributed by atoms with Gasteiger partial charge >= 0.3 is 5.97 Å². The summed E-state index contributed by atoms with van der Waals surface area (Å²) in [5, 5.41) is 20.3. The van der Waals surface area contributed by atoms with Gasteiger partial charge in [0.2, 0.25) is 0 Å². The minimum absolute atomic E-state index is 0.156. The van der Waals surface area contributed by atoms with Gasteiger partial charge in [-0.3, -0.25) is 4.40 Å². The van der Waals surface area contributed by atoms with Gasteiger partial charge in [0, 0.05) is 25.4 Å². The minimum Gasteiger partial charge on any atom is -0.478 e. The number of anilines is 1. The largest absolute Gasteiger partial charge is 0.478 e. The molecule has 0 aliphatic heterocycles. The highest BCUT2D eigenvalue weighted by Crippen LogP contribution is 2.11. The van der Waals surface area contributed by atoms with Crippen molar-refractivity contribution < 1.29 is 9.90 Å². The van der Waals surface area contributed by atoms with E-state index in [1.807, 2.05) is 28.8 Å². The summed E-state index contributed by atoms with van der Waals surface area (Å²) in [6.45, 7) is 0.521. The molecule has 21 heavy (non-hydrogen) atoms. The number of carboxylic acids is 1. The van der Waals surface area contributed by atoms with Crippen molar-refractivity contribution in [1.29, 1.82) is 0 Å². The van der Waals surface area contributed by atoms with Crippen LogP contribution in [-0.4, -0.2) is 37.2 Å². The van der Waals surface area contributed by atoms with Crippen molar-refractivity contribution in [2.24, 2.45) is 0 Å². The molecule has 0 aliphatic carbocycles. The molecule has 106 valence electrons. The van der Waals surface area contributed by atoms with E-state index in [4.69, 9.17) is 5.11 Å². The Balaban J connectivity index is 1.71. The monoisotopic (exact) mass is 283 g/mol. The van der Waals surface area contributed by atoms with Crippen molar-refractivity contribution in [3.63, 3.8) is 0 Å². The molecule has 0 spiro atoms. The second kappa shape index (κ2) is 5.58. The van der Waals surface area contributed by atoms with Gasteiger partial charge in [0.1, 0.15) is 17.2 Å². The Morgan fingerprint density at radius 3 is 3.00 bits per heavy atom. The highest BCUT2D eigenvalue weighted by atomic mass is 16.4. The fraction of sp³-hybridized carbons (Fsp3) is 0.143. The molecule has 7 heteroatoms. The van der Waals surface area contributed by atoms with Gasteiger partial charge in [0.05, 0.1) is 0 Å². The molecule has 7 nitrogen and oxygen atoms in total. The zero-order valence-corrected chi connectivity index (χ0v) is 11.1. The van der Waals surface area contributed by atoms with Crippen molar-refractivity contribution in [2.75, 3.05) is 11.9 Å². The molecule has 2 N–H and O–H groups in total. The smallest absolute Gasteiger partial charge is 0.339 e. The summed E-state index contributed by atoms with van der Waals surface area (Å²) in [6.07, 6.45) is 4.07. The predicted molar refractivity (Wildman–Crippen MR) is 76.4 cm³/mol. The lowest BCUT2D eigenvalue weighted by Gasteiger charge is -2.07. The number of nitrogens with zero attached hydrogens (tertiary/aromatic N) is 4. The Hall–Kier alpha value is -2.96. The van der Waals surface area contributed by atoms with E-state index in [0.29, 0.717) is 18.8 Å². The lowest BCUT2D eigenvalue weighted by molar-refractivity contribution is 0.0697. The summed E-state index contributed by atoms with van der Waals surface area (Å²) in [5.41, 5.74) is 0.945. The third-order valence-corrected chi connectivity index (χ3v) is 3.06. The Labute approximate surface area is 120 Å². The molecule has 3 aromatic rings. The molecule has 3 rings (SSSR count). The average molecular weight is 283 g/mol. The second-order valence-corrected chi connectivity index (χ2v) is 4.43. The van der Waals surface area contributed by atoms with Crippen LogP contribution < -0.4 is 5.32 Å². The van der Waals surface area contributed by atoms with E-state index in [2.05, 4.69) is 20.5 Å². The molecule has 0 radical (unpaired) electrons. The molecule has 3 aromatic heterocycles. The summed E-state index contributed by atoms with van der Waals surface area (Å²) < 4.78 is 1.90. The maximum atomic E-state index is 11.1. The quantitative estimate of drug-likeness (QED) is 0.736. The number of fused-ring (bicyclic) bond motifs is 1. The van der Waals surface area contributed by atoms with E-state index in [9.17, 15) is 4.79 Å². The maximum Gasteiger partial charge on any atom is 0.339 e. The van der Waals surface area contributed by atoms with Gasteiger partial charge < -0.3 is 10.4 Å². The first kappa shape index (κ1) is 13.0. The fourth-order valence-electron chi connectivity index (χ4n) is 2.07. The normalized spacial score (nSPS) is 10.7. The molecule has 3 heterocycles. The summed E-state index contributed by atoms with van der Waals surface area (Å²) in [4.78, 5) is 15.1. The Morgan fingerprint density at radius 2 is 2.14 bits per heavy atom. The Morgan fingerprint density at radius 1 is 1.24 bits per heavy atom. The highest BCUT2D eigenvalue weighted by Gasteiger charge is 2.10. The first-order chi connectivity index (χ1) is 10.3. The van der Waals surface area contributed by atoms with Crippen LogP contribution in [0.3, 0.4) is 0 Å². The molecule has 0 atom stereocenters. The van der Waals surface area contributed by atoms with Crippen molar-refractivity contribution in [1.82, 2.24) is 19.6 Å². The first-order valence-corrected chi connectivity index (χ1v) is 6.46. The lowest BCUT2D eigenvalue weighted by Crippen LogP contribution is -2.12. The van der Waals surface area contributed by atoms with Crippen LogP contribution in [0.1, 0.15) is 16.2 Å². The molecule has 0 saturated carbocycles. The van der Waals surface area contributed by atoms with Crippen LogP contribution in [0.5, 0.6) is 0 Å². The van der Waals surface area contributed by atoms with Gasteiger partial charge in [0.25, 0.3) is 0 Å². The first-order valence-electron chi connectivity index (χ1n) is 6.46. The molecular weight excluding hydrogens is 270 g/mol. The minimum atomic E-state index is -1.00. The van der Waals surface area contributed by atoms with E-state index in [1.165, 1.54) is 6.07 Å². The summed E-state index contributed by atoms with van der Waals surface area (Å²) >= 11 is 0. The number of aromatic carboxylic acids is 1. The lowest BCUT2D eigenvalue weighted by atomic mass is 10.2. The van der Waals surface area contributed by atoms with Crippen LogP contribution in [0.4, 0.5) is 5.82 Å². The number of carbonyl (C=O) groups is 1. The summed E-state index contributed by atoms with van der Waals surface area (Å²) in [6, 6.07) is 8.81. The van der Waals surface area contributed by atoms with E-state index in [-0.39, 0.29) is 5.56 Å². The highest BCUT2D eigenvalue weighted by molar-refractivity contribution is 5.92. The topological polar surface area (TPSA) is 92.4 Å². The molecule has 0 fully saturated rings. The van der Waals surface area contributed by atoms with Gasteiger partial charge in [-0.15, -0.1) is 10.2 Å². The van der Waals surface area contributed by atoms with Gasteiger partial charge in [-0.2, -0.15) is 0 Å². The van der Waals surface area contributed by atoms with Crippen LogP contribution in [0, 0.1) is 0 Å². The third-order valence-electron chi connectivity index (χ3n) is 3.06. The SMILES string of the molecule is O=C(O)c1cccnc1NCCc1nnc2ccccn12. The standard InChI is InChI=1S/C14H13N5O2/c20-14(21)10-4-3-7-15-13(10)16-8-6-12-18-17-11-5-1-2-9-19(11)12/h1-5,7,9H,6,8H2,(H,15,16)(H,20,21). The van der Waals surface area contributed by atoms with Crippen LogP contribution in [0.2, 0.25) is 0 Å². The van der Waals surface area contributed by atoms with Crippen molar-refractivity contribution in [3.8, 4) is 0 Å². The van der Waals surface area contributed by atoms with Gasteiger partial charge in [-0.1, -0.05) is 6.07 Å². The van der Waals surface area contributed by atoms with E-state index < -0.39 is 5.97 Å². The van der Waals surface area contributed by atoms with Gasteiger partial charge in [0.15, 0.2) is 5.65 Å². The van der Waals surface area contributed by atoms with Crippen LogP contribution in [0.15, 0.2) is 42.7 Å². The van der Waals surface area contributed by atoms with Gasteiger partial charge in [-0.25, -0.2) is 9.78 Å². The van der Waals surface area contributed by atoms with Crippen molar-refractivity contribution in [3.05, 3.63) is 54.1 Å². The Kier molecular flexibility index (Phi) is 3.46. The molecule has 0 amide bonds. The van der Waals surface area contributed by atoms with Crippen molar-refractivity contribution in [2.45, 2.75) is 6.42 Å². The van der Waals surface area contributed by atoms with E-state index >= 15 is 0 Å². The number of carboxylic acid groups (broad SMARTS) is 1. The molecule has 0 aliphatic rings. The molecular formula is C14H13N5O2. The fourth-order valence-corrected chi connectivity index (χ4v) is 2.07. The number of pyridine rings is 2. The zero-order chi connectivity index (χ0) is 14.7. The summed E-state index contributed by atoms with van der Waals surface area (Å²) in [5.74, 6) is 0.170. The van der Waals surface area contributed by atoms with E-state index in [1.54, 1.807) is 12.3 Å².